The van der Waals surface area contributed by atoms with Gasteiger partial charge in [-0.05, 0) is 39.7 Å². The minimum atomic E-state index is -0.475. The number of carbonyl (C=O) groups excluding carboxylic acids is 3. The van der Waals surface area contributed by atoms with E-state index in [1.165, 1.54) is 17.8 Å². The van der Waals surface area contributed by atoms with Crippen LogP contribution < -0.4 is 11.1 Å². The van der Waals surface area contributed by atoms with E-state index in [2.05, 4.69) is 30.6 Å². The number of alkyl carbamates (subject to hydrolysis) is 1. The van der Waals surface area contributed by atoms with Crippen molar-refractivity contribution in [3.05, 3.63) is 65.9 Å². The Hall–Kier alpha value is -5.14. The number of rotatable bonds is 9. The Bertz CT molecular complexity index is 1590. The molecule has 1 fully saturated rings. The van der Waals surface area contributed by atoms with Crippen molar-refractivity contribution < 1.29 is 19.1 Å². The second kappa shape index (κ2) is 10.9. The number of aromatic amines is 1. The van der Waals surface area contributed by atoms with Crippen molar-refractivity contribution in [1.82, 2.24) is 45.0 Å². The van der Waals surface area contributed by atoms with Gasteiger partial charge < -0.3 is 20.7 Å². The molecule has 14 nitrogen and oxygen atoms in total. The SMILES string of the molecule is C/C=C\N(C(=O)c1ncn[nH]1)[C@H](C)CCc1nc2c(-c3ccc([C@H]4COC(=O)N4)nc3)cnn2c(N)c1C(C)=O. The molecule has 0 unspecified atom stereocenters. The van der Waals surface area contributed by atoms with E-state index in [-0.39, 0.29) is 42.0 Å². The van der Waals surface area contributed by atoms with Gasteiger partial charge in [-0.25, -0.2) is 14.8 Å². The first kappa shape index (κ1) is 26.5. The number of amides is 2. The molecule has 0 saturated carbocycles. The molecule has 1 saturated heterocycles. The summed E-state index contributed by atoms with van der Waals surface area (Å²) in [7, 11) is 0. The topological polar surface area (TPSA) is 186 Å². The highest BCUT2D eigenvalue weighted by Gasteiger charge is 2.26. The van der Waals surface area contributed by atoms with Gasteiger partial charge in [0.2, 0.25) is 5.82 Å². The molecule has 206 valence electrons. The minimum Gasteiger partial charge on any atom is -0.447 e. The zero-order valence-electron chi connectivity index (χ0n) is 22.2. The Labute approximate surface area is 228 Å². The van der Waals surface area contributed by atoms with Gasteiger partial charge in [-0.1, -0.05) is 12.1 Å². The van der Waals surface area contributed by atoms with Crippen LogP contribution in [-0.2, 0) is 11.2 Å². The minimum absolute atomic E-state index is 0.129. The number of aryl methyl sites for hydroxylation is 1. The third-order valence-electron chi connectivity index (χ3n) is 6.67. The second-order valence-electron chi connectivity index (χ2n) is 9.35. The molecular formula is C26H28N10O4. The van der Waals surface area contributed by atoms with Gasteiger partial charge in [0.15, 0.2) is 11.4 Å². The molecule has 4 N–H and O–H groups in total. The van der Waals surface area contributed by atoms with Crippen molar-refractivity contribution in [3.63, 3.8) is 0 Å². The standard InChI is InChI=1S/C26H28N10O4/c1-4-9-35(25(38)23-29-13-30-34-23)14(2)5-7-19-21(15(3)37)22(27)36-24(32-19)17(11-31-36)16-6-8-18(28-10-16)20-12-40-26(39)33-20/h4,6,8-11,13-14,20H,5,7,12,27H2,1-3H3,(H,33,39)(H,29,30,34)/b9-4-/t14-,20-/m1/s1. The van der Waals surface area contributed by atoms with Crippen LogP contribution in [0.5, 0.6) is 0 Å². The fraction of sp³-hybridized carbons (Fsp3) is 0.308. The van der Waals surface area contributed by atoms with Crippen molar-refractivity contribution in [3.8, 4) is 11.1 Å². The largest absolute Gasteiger partial charge is 0.447 e. The van der Waals surface area contributed by atoms with E-state index in [0.717, 1.165) is 5.56 Å². The molecule has 0 radical (unpaired) electrons. The van der Waals surface area contributed by atoms with E-state index in [4.69, 9.17) is 15.5 Å². The summed E-state index contributed by atoms with van der Waals surface area (Å²) in [5.74, 6) is -0.244. The predicted molar refractivity (Wildman–Crippen MR) is 143 cm³/mol. The lowest BCUT2D eigenvalue weighted by Crippen LogP contribution is -2.35. The number of nitrogen functional groups attached to an aromatic ring is 1. The molecule has 5 heterocycles. The highest BCUT2D eigenvalue weighted by molar-refractivity contribution is 6.00. The molecule has 4 aromatic rings. The maximum Gasteiger partial charge on any atom is 0.407 e. The predicted octanol–water partition coefficient (Wildman–Crippen LogP) is 2.47. The first-order chi connectivity index (χ1) is 19.3. The van der Waals surface area contributed by atoms with E-state index < -0.39 is 6.09 Å². The van der Waals surface area contributed by atoms with Crippen LogP contribution in [0.25, 0.3) is 16.8 Å². The normalized spacial score (nSPS) is 15.8. The summed E-state index contributed by atoms with van der Waals surface area (Å²) in [5, 5.41) is 13.4. The molecule has 0 spiro atoms. The lowest BCUT2D eigenvalue weighted by atomic mass is 10.0. The van der Waals surface area contributed by atoms with Crippen LogP contribution in [0.15, 0.2) is 43.1 Å². The summed E-state index contributed by atoms with van der Waals surface area (Å²) < 4.78 is 6.39. The van der Waals surface area contributed by atoms with Crippen molar-refractivity contribution in [2.24, 2.45) is 0 Å². The van der Waals surface area contributed by atoms with Gasteiger partial charge in [-0.3, -0.25) is 19.7 Å². The van der Waals surface area contributed by atoms with Gasteiger partial charge in [0, 0.05) is 29.6 Å². The Morgan fingerprint density at radius 3 is 2.75 bits per heavy atom. The molecule has 14 heteroatoms. The molecule has 5 rings (SSSR count). The number of carbonyl (C=O) groups is 3. The molecule has 1 aliphatic heterocycles. The van der Waals surface area contributed by atoms with Gasteiger partial charge in [0.1, 0.15) is 24.8 Å². The number of nitrogens with one attached hydrogen (secondary N) is 2. The average Bonchev–Trinajstić information content (AvgIpc) is 3.71. The zero-order chi connectivity index (χ0) is 28.4. The van der Waals surface area contributed by atoms with Crippen LogP contribution in [0, 0.1) is 0 Å². The molecule has 0 bridgehead atoms. The molecule has 40 heavy (non-hydrogen) atoms. The van der Waals surface area contributed by atoms with Crippen molar-refractivity contribution >= 4 is 29.2 Å². The fourth-order valence-corrected chi connectivity index (χ4v) is 4.64. The lowest BCUT2D eigenvalue weighted by molar-refractivity contribution is 0.0760. The van der Waals surface area contributed by atoms with Crippen LogP contribution in [0.3, 0.4) is 0 Å². The summed E-state index contributed by atoms with van der Waals surface area (Å²) in [6.07, 6.45) is 8.40. The van der Waals surface area contributed by atoms with Gasteiger partial charge in [-0.15, -0.1) is 0 Å². The number of cyclic esters (lactones) is 1. The number of hydrogen-bond acceptors (Lipinski definition) is 10. The highest BCUT2D eigenvalue weighted by Crippen LogP contribution is 2.29. The summed E-state index contributed by atoms with van der Waals surface area (Å²) in [6, 6.07) is 3.08. The van der Waals surface area contributed by atoms with Crippen LogP contribution in [-0.4, -0.2) is 70.1 Å². The Morgan fingerprint density at radius 1 is 1.30 bits per heavy atom. The summed E-state index contributed by atoms with van der Waals surface area (Å²) in [5.41, 5.74) is 9.79. The number of anilines is 1. The summed E-state index contributed by atoms with van der Waals surface area (Å²) in [4.78, 5) is 51.8. The molecule has 0 aromatic carbocycles. The van der Waals surface area contributed by atoms with Crippen molar-refractivity contribution in [1.29, 1.82) is 0 Å². The number of hydrogen-bond donors (Lipinski definition) is 3. The number of allylic oxidation sites excluding steroid dienone is 1. The van der Waals surface area contributed by atoms with Gasteiger partial charge in [-0.2, -0.15) is 14.7 Å². The van der Waals surface area contributed by atoms with Crippen LogP contribution in [0.4, 0.5) is 10.6 Å². The third kappa shape index (κ3) is 4.98. The van der Waals surface area contributed by atoms with E-state index in [0.29, 0.717) is 41.0 Å². The average molecular weight is 545 g/mol. The quantitative estimate of drug-likeness (QED) is 0.264. The number of Topliss-reactive ketones (excluding diaryl/α,β-unsaturated/α-hetero) is 1. The number of nitrogens with zero attached hydrogens (tertiary/aromatic N) is 7. The monoisotopic (exact) mass is 544 g/mol. The van der Waals surface area contributed by atoms with Gasteiger partial charge in [0.05, 0.1) is 23.1 Å². The Morgan fingerprint density at radius 2 is 2.12 bits per heavy atom. The molecular weight excluding hydrogens is 516 g/mol. The number of H-pyrrole nitrogens is 1. The third-order valence-corrected chi connectivity index (χ3v) is 6.67. The number of aromatic nitrogens is 7. The lowest BCUT2D eigenvalue weighted by Gasteiger charge is -2.25. The molecule has 4 aromatic heterocycles. The molecule has 2 amide bonds. The van der Waals surface area contributed by atoms with Crippen LogP contribution in [0.2, 0.25) is 0 Å². The first-order valence-corrected chi connectivity index (χ1v) is 12.7. The van der Waals surface area contributed by atoms with Crippen molar-refractivity contribution in [2.75, 3.05) is 12.3 Å². The van der Waals surface area contributed by atoms with E-state index in [1.54, 1.807) is 35.6 Å². The van der Waals surface area contributed by atoms with Gasteiger partial charge >= 0.3 is 6.09 Å². The first-order valence-electron chi connectivity index (χ1n) is 12.7. The summed E-state index contributed by atoms with van der Waals surface area (Å²) in [6.45, 7) is 5.37. The zero-order valence-corrected chi connectivity index (χ0v) is 22.2. The number of nitrogens with two attached hydrogens (primary N) is 1. The van der Waals surface area contributed by atoms with Gasteiger partial charge in [0.25, 0.3) is 5.91 Å². The number of ketones is 1. The number of fused-ring (bicyclic) bond motifs is 1. The Kier molecular flexibility index (Phi) is 7.23. The summed E-state index contributed by atoms with van der Waals surface area (Å²) >= 11 is 0. The molecule has 1 aliphatic rings. The van der Waals surface area contributed by atoms with E-state index in [1.807, 2.05) is 19.9 Å². The fourth-order valence-electron chi connectivity index (χ4n) is 4.64. The molecule has 2 atom stereocenters. The van der Waals surface area contributed by atoms with Crippen LogP contribution >= 0.6 is 0 Å². The van der Waals surface area contributed by atoms with E-state index >= 15 is 0 Å². The van der Waals surface area contributed by atoms with Crippen LogP contribution in [0.1, 0.15) is 65.6 Å². The Balaban J connectivity index is 1.44. The number of pyridine rings is 1. The highest BCUT2D eigenvalue weighted by atomic mass is 16.6. The molecule has 0 aliphatic carbocycles. The maximum atomic E-state index is 12.9. The van der Waals surface area contributed by atoms with E-state index in [9.17, 15) is 14.4 Å². The van der Waals surface area contributed by atoms with Crippen molar-refractivity contribution in [2.45, 2.75) is 45.7 Å². The number of ether oxygens (including phenoxy) is 1. The maximum absolute atomic E-state index is 12.9. The smallest absolute Gasteiger partial charge is 0.407 e. The second-order valence-corrected chi connectivity index (χ2v) is 9.35.